The number of imidazole rings is 1. The third kappa shape index (κ3) is 3.62. The summed E-state index contributed by atoms with van der Waals surface area (Å²) in [6.07, 6.45) is 5.62. The first-order valence-corrected chi connectivity index (χ1v) is 9.52. The van der Waals surface area contributed by atoms with Crippen LogP contribution in [0.2, 0.25) is 0 Å². The van der Waals surface area contributed by atoms with E-state index in [0.29, 0.717) is 25.1 Å². The van der Waals surface area contributed by atoms with Crippen molar-refractivity contribution in [2.75, 3.05) is 26.8 Å². The van der Waals surface area contributed by atoms with E-state index in [1.807, 2.05) is 6.20 Å². The molecule has 146 valence electrons. The molecule has 1 aromatic carbocycles. The number of halogens is 1. The molecule has 1 atom stereocenters. The van der Waals surface area contributed by atoms with Crippen LogP contribution in [0.5, 0.6) is 0 Å². The number of rotatable bonds is 5. The smallest absolute Gasteiger partial charge is 0.272 e. The van der Waals surface area contributed by atoms with Crippen LogP contribution in [0.15, 0.2) is 42.7 Å². The maximum atomic E-state index is 14.1. The quantitative estimate of drug-likeness (QED) is 0.680. The minimum absolute atomic E-state index is 0.162. The maximum absolute atomic E-state index is 14.1. The van der Waals surface area contributed by atoms with Gasteiger partial charge in [0.1, 0.15) is 22.9 Å². The first kappa shape index (κ1) is 18.6. The molecule has 3 heterocycles. The number of para-hydroxylation sites is 1. The molecule has 6 nitrogen and oxygen atoms in total. The molecule has 1 saturated heterocycles. The fraction of sp³-hybridized carbons (Fsp3) is 0.381. The van der Waals surface area contributed by atoms with Gasteiger partial charge in [-0.25, -0.2) is 14.4 Å². The Labute approximate surface area is 163 Å². The monoisotopic (exact) mass is 382 g/mol. The van der Waals surface area contributed by atoms with Gasteiger partial charge in [-0.1, -0.05) is 18.2 Å². The molecule has 28 heavy (non-hydrogen) atoms. The lowest BCUT2D eigenvalue weighted by Gasteiger charge is -2.32. The number of aromatic nitrogens is 3. The zero-order valence-corrected chi connectivity index (χ0v) is 15.8. The van der Waals surface area contributed by atoms with Crippen LogP contribution >= 0.6 is 0 Å². The van der Waals surface area contributed by atoms with Gasteiger partial charge in [-0.3, -0.25) is 4.79 Å². The third-order valence-electron chi connectivity index (χ3n) is 5.25. The molecule has 1 amide bonds. The lowest BCUT2D eigenvalue weighted by Crippen LogP contribution is -2.40. The molecule has 0 unspecified atom stereocenters. The number of hydrogen-bond acceptors (Lipinski definition) is 4. The van der Waals surface area contributed by atoms with Gasteiger partial charge in [0.25, 0.3) is 5.91 Å². The van der Waals surface area contributed by atoms with Crippen molar-refractivity contribution in [1.29, 1.82) is 0 Å². The van der Waals surface area contributed by atoms with Crippen molar-refractivity contribution in [3.05, 3.63) is 60.1 Å². The van der Waals surface area contributed by atoms with E-state index in [-0.39, 0.29) is 23.0 Å². The summed E-state index contributed by atoms with van der Waals surface area (Å²) in [7, 11) is 1.68. The van der Waals surface area contributed by atoms with Gasteiger partial charge < -0.3 is 14.2 Å². The number of amides is 1. The fourth-order valence-electron chi connectivity index (χ4n) is 3.82. The number of ether oxygens (including phenoxy) is 1. The van der Waals surface area contributed by atoms with Crippen LogP contribution in [-0.2, 0) is 11.3 Å². The van der Waals surface area contributed by atoms with Gasteiger partial charge in [-0.15, -0.1) is 0 Å². The highest BCUT2D eigenvalue weighted by molar-refractivity contribution is 5.95. The Hall–Kier alpha value is -2.80. The Morgan fingerprint density at radius 1 is 1.32 bits per heavy atom. The van der Waals surface area contributed by atoms with E-state index >= 15 is 0 Å². The highest BCUT2D eigenvalue weighted by Gasteiger charge is 2.28. The largest absolute Gasteiger partial charge is 0.383 e. The third-order valence-corrected chi connectivity index (χ3v) is 5.25. The Morgan fingerprint density at radius 3 is 3.07 bits per heavy atom. The summed E-state index contributed by atoms with van der Waals surface area (Å²) < 4.78 is 21.3. The van der Waals surface area contributed by atoms with Gasteiger partial charge in [0.05, 0.1) is 6.61 Å². The van der Waals surface area contributed by atoms with E-state index in [1.54, 1.807) is 42.5 Å². The summed E-state index contributed by atoms with van der Waals surface area (Å²) in [6, 6.07) is 8.21. The highest BCUT2D eigenvalue weighted by atomic mass is 19.1. The van der Waals surface area contributed by atoms with Crippen LogP contribution in [0, 0.1) is 5.82 Å². The molecule has 1 fully saturated rings. The van der Waals surface area contributed by atoms with Crippen molar-refractivity contribution in [2.45, 2.75) is 25.3 Å². The Kier molecular flexibility index (Phi) is 5.34. The van der Waals surface area contributed by atoms with Gasteiger partial charge in [-0.2, -0.15) is 0 Å². The van der Waals surface area contributed by atoms with E-state index in [1.165, 1.54) is 6.07 Å². The molecule has 7 heteroatoms. The minimum atomic E-state index is -0.413. The summed E-state index contributed by atoms with van der Waals surface area (Å²) in [5, 5.41) is 0.688. The predicted molar refractivity (Wildman–Crippen MR) is 104 cm³/mol. The molecular weight excluding hydrogens is 359 g/mol. The molecule has 0 radical (unpaired) electrons. The van der Waals surface area contributed by atoms with Crippen LogP contribution in [0.3, 0.4) is 0 Å². The molecule has 4 rings (SSSR count). The van der Waals surface area contributed by atoms with Crippen LogP contribution in [-0.4, -0.2) is 52.1 Å². The number of likely N-dealkylation sites (tertiary alicyclic amines) is 1. The van der Waals surface area contributed by atoms with Gasteiger partial charge in [0, 0.05) is 50.4 Å². The maximum Gasteiger partial charge on any atom is 0.272 e. The van der Waals surface area contributed by atoms with E-state index in [0.717, 1.165) is 25.2 Å². The predicted octanol–water partition coefficient (Wildman–Crippen LogP) is 3.24. The number of benzene rings is 1. The normalized spacial score (nSPS) is 17.2. The zero-order chi connectivity index (χ0) is 19.5. The lowest BCUT2D eigenvalue weighted by molar-refractivity contribution is 0.0697. The summed E-state index contributed by atoms with van der Waals surface area (Å²) >= 11 is 0. The minimum Gasteiger partial charge on any atom is -0.383 e. The number of carbonyl (C=O) groups is 1. The second-order valence-electron chi connectivity index (χ2n) is 7.07. The Morgan fingerprint density at radius 2 is 2.21 bits per heavy atom. The molecule has 0 saturated carbocycles. The van der Waals surface area contributed by atoms with Crippen molar-refractivity contribution >= 4 is 16.8 Å². The number of methoxy groups -OCH3 is 1. The SMILES string of the molecule is COCCn1ccnc1[C@@H]1CCCN(C(=O)c2ccc3cccc(F)c3n2)C1. The topological polar surface area (TPSA) is 60.2 Å². The lowest BCUT2D eigenvalue weighted by atomic mass is 9.96. The molecule has 3 aromatic rings. The van der Waals surface area contributed by atoms with Crippen molar-refractivity contribution in [2.24, 2.45) is 0 Å². The number of nitrogens with zero attached hydrogens (tertiary/aromatic N) is 4. The van der Waals surface area contributed by atoms with E-state index in [4.69, 9.17) is 4.74 Å². The van der Waals surface area contributed by atoms with Crippen LogP contribution in [0.25, 0.3) is 10.9 Å². The average Bonchev–Trinajstić information content (AvgIpc) is 3.20. The van der Waals surface area contributed by atoms with Gasteiger partial charge in [0.15, 0.2) is 0 Å². The first-order chi connectivity index (χ1) is 13.7. The molecule has 1 aliphatic rings. The van der Waals surface area contributed by atoms with E-state index < -0.39 is 5.82 Å². The summed E-state index contributed by atoms with van der Waals surface area (Å²) in [5.74, 6) is 0.572. The Bertz CT molecular complexity index is 987. The van der Waals surface area contributed by atoms with Crippen LogP contribution in [0.4, 0.5) is 4.39 Å². The number of piperidine rings is 1. The summed E-state index contributed by atoms with van der Waals surface area (Å²) in [4.78, 5) is 23.6. The molecule has 0 bridgehead atoms. The summed E-state index contributed by atoms with van der Waals surface area (Å²) in [6.45, 7) is 2.61. The molecule has 1 aliphatic heterocycles. The van der Waals surface area contributed by atoms with Crippen molar-refractivity contribution < 1.29 is 13.9 Å². The second kappa shape index (κ2) is 8.06. The number of hydrogen-bond donors (Lipinski definition) is 0. The van der Waals surface area contributed by atoms with Gasteiger partial charge in [-0.05, 0) is 25.0 Å². The van der Waals surface area contributed by atoms with Crippen LogP contribution < -0.4 is 0 Å². The van der Waals surface area contributed by atoms with E-state index in [9.17, 15) is 9.18 Å². The average molecular weight is 382 g/mol. The van der Waals surface area contributed by atoms with E-state index in [2.05, 4.69) is 14.5 Å². The standard InChI is InChI=1S/C21H23FN4O2/c1-28-13-12-25-11-9-23-20(25)16-5-3-10-26(14-16)21(27)18-8-7-15-4-2-6-17(22)19(15)24-18/h2,4,6-9,11,16H,3,5,10,12-14H2,1H3/t16-/m1/s1. The van der Waals surface area contributed by atoms with Gasteiger partial charge in [0.2, 0.25) is 0 Å². The highest BCUT2D eigenvalue weighted by Crippen LogP contribution is 2.27. The molecule has 0 aliphatic carbocycles. The van der Waals surface area contributed by atoms with Gasteiger partial charge >= 0.3 is 0 Å². The second-order valence-corrected chi connectivity index (χ2v) is 7.07. The number of carbonyl (C=O) groups excluding carboxylic acids is 1. The number of pyridine rings is 1. The summed E-state index contributed by atoms with van der Waals surface area (Å²) in [5.41, 5.74) is 0.512. The van der Waals surface area contributed by atoms with Crippen molar-refractivity contribution in [3.63, 3.8) is 0 Å². The molecule has 0 N–H and O–H groups in total. The van der Waals surface area contributed by atoms with Crippen LogP contribution in [0.1, 0.15) is 35.1 Å². The number of fused-ring (bicyclic) bond motifs is 1. The fourth-order valence-corrected chi connectivity index (χ4v) is 3.82. The molecule has 0 spiro atoms. The molecule has 2 aromatic heterocycles. The van der Waals surface area contributed by atoms with Crippen molar-refractivity contribution in [3.8, 4) is 0 Å². The zero-order valence-electron chi connectivity index (χ0n) is 15.8. The Balaban J connectivity index is 1.54. The van der Waals surface area contributed by atoms with Crippen molar-refractivity contribution in [1.82, 2.24) is 19.4 Å². The first-order valence-electron chi connectivity index (χ1n) is 9.52. The molecular formula is C21H23FN4O2.